The molecule has 0 bridgehead atoms. The average molecular weight is 377 g/mol. The number of benzene rings is 2. The Morgan fingerprint density at radius 3 is 2.82 bits per heavy atom. The number of anilines is 2. The predicted molar refractivity (Wildman–Crippen MR) is 97.3 cm³/mol. The average Bonchev–Trinajstić information content (AvgIpc) is 2.90. The van der Waals surface area contributed by atoms with Gasteiger partial charge in [-0.2, -0.15) is 0 Å². The summed E-state index contributed by atoms with van der Waals surface area (Å²) in [7, 11) is 0. The summed E-state index contributed by atoms with van der Waals surface area (Å²) in [6, 6.07) is 16.1. The monoisotopic (exact) mass is 376 g/mol. The summed E-state index contributed by atoms with van der Waals surface area (Å²) in [5.74, 6) is 0. The van der Waals surface area contributed by atoms with Gasteiger partial charge < -0.3 is 9.87 Å². The Bertz CT molecular complexity index is 692. The van der Waals surface area contributed by atoms with Gasteiger partial charge in [-0.15, -0.1) is 0 Å². The van der Waals surface area contributed by atoms with E-state index < -0.39 is 11.2 Å². The second-order valence-electron chi connectivity index (χ2n) is 4.98. The normalized spacial score (nSPS) is 20.4. The topological polar surface area (TPSA) is 38.3 Å². The van der Waals surface area contributed by atoms with E-state index in [1.807, 2.05) is 48.7 Å². The molecule has 0 saturated carbocycles. The van der Waals surface area contributed by atoms with Crippen molar-refractivity contribution in [1.82, 2.24) is 0 Å². The van der Waals surface area contributed by atoms with Crippen LogP contribution >= 0.6 is 15.9 Å². The fourth-order valence-corrected chi connectivity index (χ4v) is 4.23. The third-order valence-electron chi connectivity index (χ3n) is 3.51. The Balaban J connectivity index is 2.01. The Labute approximate surface area is 142 Å². The second-order valence-corrected chi connectivity index (χ2v) is 7.27. The number of nitrogens with one attached hydrogen (secondary N) is 1. The number of halogens is 1. The van der Waals surface area contributed by atoms with Gasteiger partial charge in [0.1, 0.15) is 5.41 Å². The van der Waals surface area contributed by atoms with E-state index in [0.29, 0.717) is 0 Å². The number of para-hydroxylation sites is 2. The number of nitrogens with zero attached hydrogens (tertiary/aromatic N) is 1. The highest BCUT2D eigenvalue weighted by Crippen LogP contribution is 2.40. The van der Waals surface area contributed by atoms with E-state index in [1.54, 1.807) is 5.41 Å². The molecule has 114 valence electrons. The van der Waals surface area contributed by atoms with Crippen LogP contribution in [-0.4, -0.2) is 11.1 Å². The molecule has 0 saturated heterocycles. The molecule has 1 aliphatic rings. The highest BCUT2D eigenvalue weighted by atomic mass is 79.9. The molecule has 3 nitrogen and oxygen atoms in total. The van der Waals surface area contributed by atoms with Gasteiger partial charge in [-0.1, -0.05) is 40.2 Å². The molecule has 0 fully saturated rings. The summed E-state index contributed by atoms with van der Waals surface area (Å²) in [6.45, 7) is 2.92. The first kappa shape index (κ1) is 15.5. The summed E-state index contributed by atoms with van der Waals surface area (Å²) in [5, 5.41) is 4.93. The zero-order valence-electron chi connectivity index (χ0n) is 12.2. The van der Waals surface area contributed by atoms with Gasteiger partial charge in [-0.3, -0.25) is 4.90 Å². The zero-order valence-corrected chi connectivity index (χ0v) is 14.6. The van der Waals surface area contributed by atoms with Gasteiger partial charge in [-0.05, 0) is 31.2 Å². The first-order chi connectivity index (χ1) is 10.7. The smallest absolute Gasteiger partial charge is 0.223 e. The second kappa shape index (κ2) is 6.77. The minimum atomic E-state index is -1.07. The van der Waals surface area contributed by atoms with Crippen molar-refractivity contribution in [3.63, 3.8) is 0 Å². The zero-order chi connectivity index (χ0) is 15.5. The van der Waals surface area contributed by atoms with Crippen LogP contribution < -0.4 is 10.2 Å². The molecule has 22 heavy (non-hydrogen) atoms. The molecular formula is C17H17BrN2OS. The van der Waals surface area contributed by atoms with Gasteiger partial charge in [0.05, 0.1) is 17.6 Å². The highest BCUT2D eigenvalue weighted by Gasteiger charge is 2.35. The molecule has 0 aromatic heterocycles. The van der Waals surface area contributed by atoms with Crippen molar-refractivity contribution in [1.29, 1.82) is 0 Å². The van der Waals surface area contributed by atoms with Crippen LogP contribution in [-0.2, 0) is 11.2 Å². The van der Waals surface area contributed by atoms with E-state index in [4.69, 9.17) is 0 Å². The molecule has 0 spiro atoms. The first-order valence-corrected chi connectivity index (χ1v) is 9.22. The van der Waals surface area contributed by atoms with E-state index in [9.17, 15) is 4.55 Å². The van der Waals surface area contributed by atoms with Crippen LogP contribution in [0, 0.1) is 0 Å². The van der Waals surface area contributed by atoms with Crippen LogP contribution in [0.25, 0.3) is 0 Å². The maximum Gasteiger partial charge on any atom is 0.223 e. The molecule has 2 unspecified atom stereocenters. The van der Waals surface area contributed by atoms with Gasteiger partial charge in [0.2, 0.25) is 5.37 Å². The van der Waals surface area contributed by atoms with Crippen LogP contribution in [0.2, 0.25) is 0 Å². The van der Waals surface area contributed by atoms with Crippen molar-refractivity contribution in [2.75, 3.05) is 16.8 Å². The van der Waals surface area contributed by atoms with Crippen LogP contribution in [0.4, 0.5) is 11.4 Å². The third-order valence-corrected chi connectivity index (χ3v) is 5.33. The lowest BCUT2D eigenvalue weighted by molar-refractivity contribution is 0.594. The van der Waals surface area contributed by atoms with Crippen molar-refractivity contribution in [3.8, 4) is 0 Å². The van der Waals surface area contributed by atoms with Crippen molar-refractivity contribution in [2.24, 2.45) is 0 Å². The van der Waals surface area contributed by atoms with E-state index in [2.05, 4.69) is 39.1 Å². The maximum atomic E-state index is 12.5. The Morgan fingerprint density at radius 2 is 2.05 bits per heavy atom. The first-order valence-electron chi connectivity index (χ1n) is 7.15. The molecule has 0 radical (unpaired) electrons. The van der Waals surface area contributed by atoms with Crippen LogP contribution in [0.15, 0.2) is 64.6 Å². The molecule has 0 aliphatic carbocycles. The van der Waals surface area contributed by atoms with Crippen LogP contribution in [0.1, 0.15) is 17.9 Å². The standard InChI is InChI=1S/C17H17BrN2OS/c1-2-19-15-8-3-4-9-16(15)20-10-11-22(21)17(20)13-6-5-7-14(18)12-13/h3-12,17,19H,2H2,1H3. The molecule has 1 aliphatic heterocycles. The molecule has 2 aromatic rings. The third kappa shape index (κ3) is 3.02. The van der Waals surface area contributed by atoms with Gasteiger partial charge in [0.15, 0.2) is 0 Å². The Morgan fingerprint density at radius 1 is 1.23 bits per heavy atom. The van der Waals surface area contributed by atoms with E-state index >= 15 is 0 Å². The van der Waals surface area contributed by atoms with Gasteiger partial charge in [0, 0.05) is 27.8 Å². The van der Waals surface area contributed by atoms with Crippen molar-refractivity contribution >= 4 is 38.5 Å². The SMILES string of the molecule is CCNc1ccccc1N1C=C[S+]([O-])C1c1cccc(Br)c1. The summed E-state index contributed by atoms with van der Waals surface area (Å²) in [4.78, 5) is 2.08. The Kier molecular flexibility index (Phi) is 4.76. The quantitative estimate of drug-likeness (QED) is 0.791. The van der Waals surface area contributed by atoms with Gasteiger partial charge >= 0.3 is 0 Å². The fourth-order valence-electron chi connectivity index (χ4n) is 2.59. The van der Waals surface area contributed by atoms with E-state index in [0.717, 1.165) is 28.0 Å². The maximum absolute atomic E-state index is 12.5. The highest BCUT2D eigenvalue weighted by molar-refractivity contribution is 9.10. The van der Waals surface area contributed by atoms with Crippen molar-refractivity contribution in [2.45, 2.75) is 12.3 Å². The predicted octanol–water partition coefficient (Wildman–Crippen LogP) is 4.62. The summed E-state index contributed by atoms with van der Waals surface area (Å²) in [6.07, 6.45) is 1.91. The van der Waals surface area contributed by atoms with Crippen molar-refractivity contribution < 1.29 is 4.55 Å². The molecule has 2 atom stereocenters. The van der Waals surface area contributed by atoms with E-state index in [1.165, 1.54) is 0 Å². The number of hydrogen-bond donors (Lipinski definition) is 1. The largest absolute Gasteiger partial charge is 0.610 e. The lowest BCUT2D eigenvalue weighted by Gasteiger charge is -2.27. The number of rotatable bonds is 4. The molecule has 1 heterocycles. The summed E-state index contributed by atoms with van der Waals surface area (Å²) in [5.41, 5.74) is 3.12. The van der Waals surface area contributed by atoms with E-state index in [-0.39, 0.29) is 5.37 Å². The summed E-state index contributed by atoms with van der Waals surface area (Å²) < 4.78 is 13.5. The Hall–Kier alpha value is -1.43. The molecule has 3 rings (SSSR count). The molecule has 0 amide bonds. The minimum absolute atomic E-state index is 0.197. The lowest BCUT2D eigenvalue weighted by Crippen LogP contribution is -2.24. The number of hydrogen-bond acceptors (Lipinski definition) is 3. The minimum Gasteiger partial charge on any atom is -0.610 e. The fraction of sp³-hybridized carbons (Fsp3) is 0.176. The van der Waals surface area contributed by atoms with Gasteiger partial charge in [0.25, 0.3) is 0 Å². The molecule has 1 N–H and O–H groups in total. The molecule has 2 aromatic carbocycles. The van der Waals surface area contributed by atoms with Crippen molar-refractivity contribution in [3.05, 3.63) is 70.2 Å². The summed E-state index contributed by atoms with van der Waals surface area (Å²) >= 11 is 2.43. The van der Waals surface area contributed by atoms with Gasteiger partial charge in [-0.25, -0.2) is 0 Å². The van der Waals surface area contributed by atoms with Crippen LogP contribution in [0.3, 0.4) is 0 Å². The van der Waals surface area contributed by atoms with Crippen LogP contribution in [0.5, 0.6) is 0 Å². The lowest BCUT2D eigenvalue weighted by atomic mass is 10.2. The molecular weight excluding hydrogens is 360 g/mol. The molecule has 5 heteroatoms.